The SMILES string of the molecule is CCCN(CC(F)(F)F)C(=S)NC(C)C. The molecular weight excluding hydrogens is 225 g/mol. The van der Waals surface area contributed by atoms with Crippen LogP contribution in [0.1, 0.15) is 27.2 Å². The standard InChI is InChI=1S/C9H17F3N2S/c1-4-5-14(6-9(10,11)12)8(15)13-7(2)3/h7H,4-6H2,1-3H3,(H,13,15). The summed E-state index contributed by atoms with van der Waals surface area (Å²) >= 11 is 4.90. The molecule has 0 saturated carbocycles. The maximum absolute atomic E-state index is 12.2. The van der Waals surface area contributed by atoms with Crippen LogP contribution in [0, 0.1) is 0 Å². The molecule has 0 aliphatic heterocycles. The first-order valence-electron chi connectivity index (χ1n) is 4.88. The molecule has 0 aromatic heterocycles. The summed E-state index contributed by atoms with van der Waals surface area (Å²) in [5, 5.41) is 2.98. The van der Waals surface area contributed by atoms with Crippen LogP contribution in [0.3, 0.4) is 0 Å². The Morgan fingerprint density at radius 1 is 1.40 bits per heavy atom. The predicted molar refractivity (Wildman–Crippen MR) is 58.8 cm³/mol. The topological polar surface area (TPSA) is 15.3 Å². The fraction of sp³-hybridized carbons (Fsp3) is 0.889. The molecule has 0 unspecified atom stereocenters. The van der Waals surface area contributed by atoms with Gasteiger partial charge in [0.15, 0.2) is 5.11 Å². The molecule has 0 spiro atoms. The summed E-state index contributed by atoms with van der Waals surface area (Å²) in [6.45, 7) is 4.83. The molecule has 1 N–H and O–H groups in total. The van der Waals surface area contributed by atoms with E-state index in [0.29, 0.717) is 13.0 Å². The molecule has 0 aromatic carbocycles. The number of nitrogens with zero attached hydrogens (tertiary/aromatic N) is 1. The van der Waals surface area contributed by atoms with Crippen molar-refractivity contribution >= 4 is 17.3 Å². The molecule has 0 saturated heterocycles. The molecule has 0 bridgehead atoms. The van der Waals surface area contributed by atoms with Crippen molar-refractivity contribution in [1.29, 1.82) is 0 Å². The highest BCUT2D eigenvalue weighted by atomic mass is 32.1. The van der Waals surface area contributed by atoms with Crippen LogP contribution in [0.2, 0.25) is 0 Å². The zero-order valence-corrected chi connectivity index (χ0v) is 10.0. The van der Waals surface area contributed by atoms with E-state index in [1.807, 2.05) is 20.8 Å². The number of halogens is 3. The van der Waals surface area contributed by atoms with E-state index in [-0.39, 0.29) is 11.2 Å². The molecule has 0 heterocycles. The van der Waals surface area contributed by atoms with Crippen LogP contribution in [0.4, 0.5) is 13.2 Å². The van der Waals surface area contributed by atoms with Gasteiger partial charge in [-0.1, -0.05) is 6.92 Å². The van der Waals surface area contributed by atoms with Gasteiger partial charge in [-0.3, -0.25) is 0 Å². The minimum Gasteiger partial charge on any atom is -0.360 e. The van der Waals surface area contributed by atoms with Crippen molar-refractivity contribution in [3.8, 4) is 0 Å². The lowest BCUT2D eigenvalue weighted by molar-refractivity contribution is -0.137. The van der Waals surface area contributed by atoms with Crippen molar-refractivity contribution < 1.29 is 13.2 Å². The average Bonchev–Trinajstić information content (AvgIpc) is 1.99. The van der Waals surface area contributed by atoms with Gasteiger partial charge in [0.2, 0.25) is 0 Å². The largest absolute Gasteiger partial charge is 0.406 e. The lowest BCUT2D eigenvalue weighted by atomic mass is 10.4. The predicted octanol–water partition coefficient (Wildman–Crippen LogP) is 2.54. The lowest BCUT2D eigenvalue weighted by Crippen LogP contribution is -2.46. The molecule has 0 amide bonds. The number of hydrogen-bond donors (Lipinski definition) is 1. The van der Waals surface area contributed by atoms with Gasteiger partial charge in [-0.05, 0) is 32.5 Å². The Kier molecular flexibility index (Phi) is 5.93. The molecule has 6 heteroatoms. The molecular formula is C9H17F3N2S. The fourth-order valence-corrected chi connectivity index (χ4v) is 1.47. The van der Waals surface area contributed by atoms with E-state index in [9.17, 15) is 13.2 Å². The van der Waals surface area contributed by atoms with Crippen LogP contribution < -0.4 is 5.32 Å². The third-order valence-corrected chi connectivity index (χ3v) is 1.94. The number of rotatable bonds is 4. The summed E-state index contributed by atoms with van der Waals surface area (Å²) in [6, 6.07) is 0.0464. The molecule has 0 rings (SSSR count). The Labute approximate surface area is 93.8 Å². The minimum atomic E-state index is -4.21. The van der Waals surface area contributed by atoms with Gasteiger partial charge in [-0.15, -0.1) is 0 Å². The van der Waals surface area contributed by atoms with Crippen LogP contribution in [0.25, 0.3) is 0 Å². The Bertz CT molecular complexity index is 204. The number of hydrogen-bond acceptors (Lipinski definition) is 1. The summed E-state index contributed by atoms with van der Waals surface area (Å²) in [6.07, 6.45) is -3.58. The van der Waals surface area contributed by atoms with Crippen LogP contribution in [0.5, 0.6) is 0 Å². The van der Waals surface area contributed by atoms with Crippen molar-refractivity contribution in [2.75, 3.05) is 13.1 Å². The Balaban J connectivity index is 4.31. The van der Waals surface area contributed by atoms with E-state index in [1.165, 1.54) is 0 Å². The van der Waals surface area contributed by atoms with Gasteiger partial charge in [-0.25, -0.2) is 0 Å². The highest BCUT2D eigenvalue weighted by molar-refractivity contribution is 7.80. The maximum Gasteiger partial charge on any atom is 0.406 e. The van der Waals surface area contributed by atoms with Crippen LogP contribution in [-0.2, 0) is 0 Å². The molecule has 0 aliphatic rings. The second kappa shape index (κ2) is 6.15. The molecule has 15 heavy (non-hydrogen) atoms. The van der Waals surface area contributed by atoms with Crippen molar-refractivity contribution in [1.82, 2.24) is 10.2 Å². The van der Waals surface area contributed by atoms with Crippen molar-refractivity contribution in [2.45, 2.75) is 39.4 Å². The quantitative estimate of drug-likeness (QED) is 0.763. The second-order valence-electron chi connectivity index (χ2n) is 3.64. The summed E-state index contributed by atoms with van der Waals surface area (Å²) in [7, 11) is 0. The van der Waals surface area contributed by atoms with Gasteiger partial charge in [0, 0.05) is 12.6 Å². The highest BCUT2D eigenvalue weighted by Gasteiger charge is 2.31. The van der Waals surface area contributed by atoms with Crippen LogP contribution in [0.15, 0.2) is 0 Å². The van der Waals surface area contributed by atoms with Crippen LogP contribution in [-0.4, -0.2) is 35.3 Å². The summed E-state index contributed by atoms with van der Waals surface area (Å²) in [5.41, 5.74) is 0. The van der Waals surface area contributed by atoms with E-state index in [1.54, 1.807) is 0 Å². The highest BCUT2D eigenvalue weighted by Crippen LogP contribution is 2.16. The van der Waals surface area contributed by atoms with E-state index in [4.69, 9.17) is 12.2 Å². The van der Waals surface area contributed by atoms with Gasteiger partial charge >= 0.3 is 6.18 Å². The molecule has 0 aromatic rings. The molecule has 2 nitrogen and oxygen atoms in total. The van der Waals surface area contributed by atoms with Crippen molar-refractivity contribution in [3.63, 3.8) is 0 Å². The smallest absolute Gasteiger partial charge is 0.360 e. The zero-order chi connectivity index (χ0) is 12.1. The van der Waals surface area contributed by atoms with Crippen LogP contribution >= 0.6 is 12.2 Å². The van der Waals surface area contributed by atoms with Gasteiger partial charge in [0.05, 0.1) is 0 Å². The molecule has 0 atom stereocenters. The number of nitrogens with one attached hydrogen (secondary N) is 1. The van der Waals surface area contributed by atoms with Gasteiger partial charge in [0.25, 0.3) is 0 Å². The van der Waals surface area contributed by atoms with Gasteiger partial charge in [-0.2, -0.15) is 13.2 Å². The Hall–Kier alpha value is -0.520. The van der Waals surface area contributed by atoms with E-state index < -0.39 is 12.7 Å². The fourth-order valence-electron chi connectivity index (χ4n) is 1.08. The van der Waals surface area contributed by atoms with Gasteiger partial charge < -0.3 is 10.2 Å². The third-order valence-electron chi connectivity index (χ3n) is 1.56. The van der Waals surface area contributed by atoms with E-state index >= 15 is 0 Å². The second-order valence-corrected chi connectivity index (χ2v) is 4.03. The molecule has 0 radical (unpaired) electrons. The number of thiocarbonyl (C=S) groups is 1. The first kappa shape index (κ1) is 14.5. The monoisotopic (exact) mass is 242 g/mol. The zero-order valence-electron chi connectivity index (χ0n) is 9.19. The molecule has 90 valence electrons. The summed E-state index contributed by atoms with van der Waals surface area (Å²) in [5.74, 6) is 0. The normalized spacial score (nSPS) is 11.7. The first-order chi connectivity index (χ1) is 6.76. The molecule has 0 aliphatic carbocycles. The van der Waals surface area contributed by atoms with E-state index in [0.717, 1.165) is 4.90 Å². The first-order valence-corrected chi connectivity index (χ1v) is 5.29. The lowest BCUT2D eigenvalue weighted by Gasteiger charge is -2.27. The average molecular weight is 242 g/mol. The molecule has 0 fully saturated rings. The Morgan fingerprint density at radius 2 is 1.93 bits per heavy atom. The third kappa shape index (κ3) is 7.41. The van der Waals surface area contributed by atoms with Crippen molar-refractivity contribution in [3.05, 3.63) is 0 Å². The van der Waals surface area contributed by atoms with E-state index in [2.05, 4.69) is 5.32 Å². The maximum atomic E-state index is 12.2. The Morgan fingerprint density at radius 3 is 2.27 bits per heavy atom. The summed E-state index contributed by atoms with van der Waals surface area (Å²) < 4.78 is 36.6. The van der Waals surface area contributed by atoms with Crippen molar-refractivity contribution in [2.24, 2.45) is 0 Å². The minimum absolute atomic E-state index is 0.0464. The summed E-state index contributed by atoms with van der Waals surface area (Å²) in [4.78, 5) is 1.15. The number of alkyl halides is 3. The van der Waals surface area contributed by atoms with Gasteiger partial charge in [0.1, 0.15) is 6.54 Å².